The summed E-state index contributed by atoms with van der Waals surface area (Å²) in [5.74, 6) is -0.907. The van der Waals surface area contributed by atoms with Gasteiger partial charge < -0.3 is 4.74 Å². The molecule has 0 unspecified atom stereocenters. The van der Waals surface area contributed by atoms with E-state index in [1.807, 2.05) is 0 Å². The van der Waals surface area contributed by atoms with Crippen LogP contribution in [0.1, 0.15) is 10.4 Å². The second-order valence-electron chi connectivity index (χ2n) is 3.68. The minimum atomic E-state index is -4.44. The summed E-state index contributed by atoms with van der Waals surface area (Å²) >= 11 is 0. The molecule has 2 aromatic carbocycles. The van der Waals surface area contributed by atoms with Gasteiger partial charge in [-0.1, -0.05) is 30.3 Å². The molecule has 1 N–H and O–H groups in total. The van der Waals surface area contributed by atoms with E-state index in [1.54, 1.807) is 30.3 Å². The van der Waals surface area contributed by atoms with Crippen molar-refractivity contribution in [2.24, 2.45) is 0 Å². The van der Waals surface area contributed by atoms with E-state index in [9.17, 15) is 13.2 Å². The smallest absolute Gasteiger partial charge is 0.343 e. The lowest BCUT2D eigenvalue weighted by Crippen LogP contribution is -2.11. The van der Waals surface area contributed by atoms with Crippen LogP contribution in [0.25, 0.3) is 0 Å². The first-order valence-electron chi connectivity index (χ1n) is 5.32. The van der Waals surface area contributed by atoms with Crippen LogP contribution in [0, 0.1) is 0 Å². The monoisotopic (exact) mass is 278 g/mol. The lowest BCUT2D eigenvalue weighted by molar-refractivity contribution is 0.0730. The van der Waals surface area contributed by atoms with Gasteiger partial charge >= 0.3 is 5.97 Å². The zero-order valence-corrected chi connectivity index (χ0v) is 10.5. The molecular formula is C13H10O5S. The lowest BCUT2D eigenvalue weighted by Gasteiger charge is -2.07. The summed E-state index contributed by atoms with van der Waals surface area (Å²) in [4.78, 5) is 11.3. The standard InChI is InChI=1S/C13H10O5S/c14-13(10-6-2-1-3-7-10)18-11-8-4-5-9-12(11)19(15,16)17/h1-9H,(H,15,16,17). The molecule has 0 aromatic heterocycles. The first-order valence-corrected chi connectivity index (χ1v) is 6.76. The van der Waals surface area contributed by atoms with Crippen LogP contribution in [0.5, 0.6) is 5.75 Å². The molecule has 0 saturated carbocycles. The zero-order valence-electron chi connectivity index (χ0n) is 9.68. The summed E-state index contributed by atoms with van der Waals surface area (Å²) in [5, 5.41) is 0. The van der Waals surface area contributed by atoms with Gasteiger partial charge in [-0.15, -0.1) is 0 Å². The first-order chi connectivity index (χ1) is 8.98. The van der Waals surface area contributed by atoms with Crippen LogP contribution in [-0.2, 0) is 10.1 Å². The third kappa shape index (κ3) is 3.18. The predicted molar refractivity (Wildman–Crippen MR) is 67.7 cm³/mol. The Morgan fingerprint density at radius 3 is 2.16 bits per heavy atom. The van der Waals surface area contributed by atoms with Crippen LogP contribution in [-0.4, -0.2) is 18.9 Å². The van der Waals surface area contributed by atoms with Crippen molar-refractivity contribution in [3.8, 4) is 5.75 Å². The maximum absolute atomic E-state index is 11.8. The van der Waals surface area contributed by atoms with Gasteiger partial charge in [0.05, 0.1) is 5.56 Å². The largest absolute Gasteiger partial charge is 0.421 e. The van der Waals surface area contributed by atoms with Crippen molar-refractivity contribution in [1.82, 2.24) is 0 Å². The molecule has 0 aliphatic rings. The Labute approximate surface area is 110 Å². The SMILES string of the molecule is O=C(Oc1ccccc1S(=O)(=O)O)c1ccccc1. The molecule has 0 aliphatic heterocycles. The molecule has 0 bridgehead atoms. The van der Waals surface area contributed by atoms with Gasteiger partial charge in [0.1, 0.15) is 4.90 Å². The molecule has 0 fully saturated rings. The summed E-state index contributed by atoms with van der Waals surface area (Å²) in [6.07, 6.45) is 0. The number of hydrogen-bond donors (Lipinski definition) is 1. The van der Waals surface area contributed by atoms with E-state index >= 15 is 0 Å². The second-order valence-corrected chi connectivity index (χ2v) is 5.07. The molecule has 6 heteroatoms. The normalized spacial score (nSPS) is 11.0. The third-order valence-corrected chi connectivity index (χ3v) is 3.23. The van der Waals surface area contributed by atoms with Gasteiger partial charge in [0.15, 0.2) is 5.75 Å². The van der Waals surface area contributed by atoms with Crippen LogP contribution >= 0.6 is 0 Å². The second kappa shape index (κ2) is 5.21. The highest BCUT2D eigenvalue weighted by Crippen LogP contribution is 2.23. The average molecular weight is 278 g/mol. The van der Waals surface area contributed by atoms with Crippen molar-refractivity contribution in [1.29, 1.82) is 0 Å². The van der Waals surface area contributed by atoms with Crippen molar-refractivity contribution in [2.75, 3.05) is 0 Å². The Balaban J connectivity index is 2.33. The maximum atomic E-state index is 11.8. The predicted octanol–water partition coefficient (Wildman–Crippen LogP) is 2.15. The fraction of sp³-hybridized carbons (Fsp3) is 0. The number of carbonyl (C=O) groups is 1. The Morgan fingerprint density at radius 1 is 0.947 bits per heavy atom. The molecule has 2 rings (SSSR count). The van der Waals surface area contributed by atoms with Crippen molar-refractivity contribution >= 4 is 16.1 Å². The van der Waals surface area contributed by atoms with Crippen LogP contribution < -0.4 is 4.74 Å². The number of rotatable bonds is 3. The summed E-state index contributed by atoms with van der Waals surface area (Å²) < 4.78 is 36.3. The molecule has 0 saturated heterocycles. The quantitative estimate of drug-likeness (QED) is 0.528. The van der Waals surface area contributed by atoms with Gasteiger partial charge in [-0.3, -0.25) is 4.55 Å². The summed E-state index contributed by atoms with van der Waals surface area (Å²) in [6.45, 7) is 0. The number of benzene rings is 2. The molecule has 0 heterocycles. The van der Waals surface area contributed by atoms with Crippen molar-refractivity contribution in [3.05, 3.63) is 60.2 Å². The fourth-order valence-corrected chi connectivity index (χ4v) is 2.10. The van der Waals surface area contributed by atoms with Gasteiger partial charge in [0.2, 0.25) is 0 Å². The van der Waals surface area contributed by atoms with Crippen molar-refractivity contribution < 1.29 is 22.5 Å². The van der Waals surface area contributed by atoms with Gasteiger partial charge in [-0.2, -0.15) is 8.42 Å². The lowest BCUT2D eigenvalue weighted by atomic mass is 10.2. The highest BCUT2D eigenvalue weighted by molar-refractivity contribution is 7.86. The average Bonchev–Trinajstić information content (AvgIpc) is 2.39. The highest BCUT2D eigenvalue weighted by atomic mass is 32.2. The Kier molecular flexibility index (Phi) is 3.64. The molecule has 2 aromatic rings. The van der Waals surface area contributed by atoms with Crippen LogP contribution in [0.15, 0.2) is 59.5 Å². The molecule has 0 radical (unpaired) electrons. The summed E-state index contributed by atoms with van der Waals surface area (Å²) in [6, 6.07) is 13.5. The van der Waals surface area contributed by atoms with Crippen molar-refractivity contribution in [2.45, 2.75) is 4.90 Å². The molecule has 0 atom stereocenters. The Bertz CT molecular complexity index is 692. The van der Waals surface area contributed by atoms with E-state index in [0.29, 0.717) is 0 Å². The van der Waals surface area contributed by atoms with E-state index in [2.05, 4.69) is 0 Å². The number of ether oxygens (including phenoxy) is 1. The third-order valence-electron chi connectivity index (χ3n) is 2.34. The maximum Gasteiger partial charge on any atom is 0.343 e. The molecule has 5 nitrogen and oxygen atoms in total. The summed E-state index contributed by atoms with van der Waals surface area (Å²) in [5.41, 5.74) is 0.285. The molecule has 0 aliphatic carbocycles. The molecule has 0 spiro atoms. The topological polar surface area (TPSA) is 80.7 Å². The fourth-order valence-electron chi connectivity index (χ4n) is 1.48. The minimum absolute atomic E-state index is 0.209. The summed E-state index contributed by atoms with van der Waals surface area (Å²) in [7, 11) is -4.44. The van der Waals surface area contributed by atoms with Crippen LogP contribution in [0.2, 0.25) is 0 Å². The number of esters is 1. The molecule has 0 amide bonds. The number of para-hydroxylation sites is 1. The Hall–Kier alpha value is -2.18. The van der Waals surface area contributed by atoms with E-state index in [-0.39, 0.29) is 11.3 Å². The molecular weight excluding hydrogens is 268 g/mol. The molecule has 98 valence electrons. The molecule has 19 heavy (non-hydrogen) atoms. The minimum Gasteiger partial charge on any atom is -0.421 e. The van der Waals surface area contributed by atoms with Crippen LogP contribution in [0.3, 0.4) is 0 Å². The van der Waals surface area contributed by atoms with E-state index < -0.39 is 21.0 Å². The van der Waals surface area contributed by atoms with E-state index in [1.165, 1.54) is 18.2 Å². The van der Waals surface area contributed by atoms with Gasteiger partial charge in [-0.25, -0.2) is 4.79 Å². The first kappa shape index (κ1) is 13.3. The van der Waals surface area contributed by atoms with Crippen LogP contribution in [0.4, 0.5) is 0 Å². The van der Waals surface area contributed by atoms with Crippen molar-refractivity contribution in [3.63, 3.8) is 0 Å². The van der Waals surface area contributed by atoms with Gasteiger partial charge in [-0.05, 0) is 24.3 Å². The highest BCUT2D eigenvalue weighted by Gasteiger charge is 2.18. The van der Waals surface area contributed by atoms with E-state index in [4.69, 9.17) is 9.29 Å². The van der Waals surface area contributed by atoms with Gasteiger partial charge in [0, 0.05) is 0 Å². The number of carbonyl (C=O) groups excluding carboxylic acids is 1. The number of hydrogen-bond acceptors (Lipinski definition) is 4. The Morgan fingerprint density at radius 2 is 1.53 bits per heavy atom. The van der Waals surface area contributed by atoms with E-state index in [0.717, 1.165) is 6.07 Å². The zero-order chi connectivity index (χ0) is 13.9. The van der Waals surface area contributed by atoms with Gasteiger partial charge in [0.25, 0.3) is 10.1 Å².